The number of rotatable bonds is 4. The van der Waals surface area contributed by atoms with Crippen LogP contribution in [0.15, 0.2) is 60.8 Å². The van der Waals surface area contributed by atoms with Crippen LogP contribution in [0.4, 0.5) is 5.69 Å². The highest BCUT2D eigenvalue weighted by Gasteiger charge is 2.19. The molecule has 0 saturated carbocycles. The molecule has 0 radical (unpaired) electrons. The Balaban J connectivity index is 1.70. The van der Waals surface area contributed by atoms with E-state index in [2.05, 4.69) is 10.3 Å². The smallest absolute Gasteiger partial charge is 0.340 e. The molecule has 1 amide bonds. The first-order chi connectivity index (χ1) is 12.0. The van der Waals surface area contributed by atoms with E-state index in [1.165, 1.54) is 25.3 Å². The van der Waals surface area contributed by atoms with Gasteiger partial charge in [-0.25, -0.2) is 9.78 Å². The summed E-state index contributed by atoms with van der Waals surface area (Å²) < 4.78 is 5.19. The molecule has 2 aromatic carbocycles. The summed E-state index contributed by atoms with van der Waals surface area (Å²) in [5.41, 5.74) is 0.897. The number of nitrogens with zero attached hydrogens (tertiary/aromatic N) is 1. The summed E-state index contributed by atoms with van der Waals surface area (Å²) in [5.74, 6) is -1.05. The van der Waals surface area contributed by atoms with Crippen LogP contribution in [0.25, 0.3) is 10.8 Å². The normalized spacial score (nSPS) is 11.8. The number of fused-ring (bicyclic) bond motifs is 1. The number of carbonyl (C=O) groups excluding carboxylic acids is 2. The molecular formula is C19H15ClN2O3. The second-order valence-corrected chi connectivity index (χ2v) is 5.82. The van der Waals surface area contributed by atoms with E-state index in [1.807, 2.05) is 36.4 Å². The highest BCUT2D eigenvalue weighted by Crippen LogP contribution is 2.23. The maximum absolute atomic E-state index is 12.4. The number of esters is 1. The van der Waals surface area contributed by atoms with Crippen molar-refractivity contribution in [2.24, 2.45) is 0 Å². The largest absolute Gasteiger partial charge is 0.449 e. The summed E-state index contributed by atoms with van der Waals surface area (Å²) in [6.07, 6.45) is 0.349. The lowest BCUT2D eigenvalue weighted by atomic mass is 10.1. The van der Waals surface area contributed by atoms with Gasteiger partial charge in [0.05, 0.1) is 5.56 Å². The van der Waals surface area contributed by atoms with E-state index in [0.717, 1.165) is 10.8 Å². The Morgan fingerprint density at radius 2 is 1.84 bits per heavy atom. The molecule has 1 N–H and O–H groups in total. The fourth-order valence-electron chi connectivity index (χ4n) is 2.35. The number of anilines is 1. The number of nitrogens with one attached hydrogen (secondary N) is 1. The van der Waals surface area contributed by atoms with Gasteiger partial charge in [0.2, 0.25) is 0 Å². The molecule has 126 valence electrons. The molecule has 1 aromatic heterocycles. The molecule has 0 aliphatic carbocycles. The molecule has 1 unspecified atom stereocenters. The molecule has 3 rings (SSSR count). The van der Waals surface area contributed by atoms with E-state index in [0.29, 0.717) is 5.69 Å². The second kappa shape index (κ2) is 7.32. The van der Waals surface area contributed by atoms with Crippen LogP contribution in [0.2, 0.25) is 5.15 Å². The van der Waals surface area contributed by atoms with Crippen LogP contribution < -0.4 is 5.32 Å². The molecule has 1 atom stereocenters. The Morgan fingerprint density at radius 3 is 2.60 bits per heavy atom. The predicted octanol–water partition coefficient (Wildman–Crippen LogP) is 4.07. The molecule has 0 bridgehead atoms. The van der Waals surface area contributed by atoms with Crippen LogP contribution in [-0.2, 0) is 9.53 Å². The van der Waals surface area contributed by atoms with Crippen LogP contribution in [0.1, 0.15) is 17.3 Å². The van der Waals surface area contributed by atoms with Crippen molar-refractivity contribution in [2.45, 2.75) is 13.0 Å². The van der Waals surface area contributed by atoms with Crippen molar-refractivity contribution in [3.05, 3.63) is 71.5 Å². The number of carbonyl (C=O) groups is 2. The van der Waals surface area contributed by atoms with Gasteiger partial charge in [-0.15, -0.1) is 0 Å². The molecule has 5 nitrogen and oxygen atoms in total. The monoisotopic (exact) mass is 354 g/mol. The topological polar surface area (TPSA) is 68.3 Å². The standard InChI is InChI=1S/C19H15ClN2O3/c1-12(25-19(24)14-9-10-17(20)21-11-14)18(23)22-16-8-4-6-13-5-2-3-7-15(13)16/h2-12H,1H3,(H,22,23). The average Bonchev–Trinajstić information content (AvgIpc) is 2.62. The average molecular weight is 355 g/mol. The van der Waals surface area contributed by atoms with Gasteiger partial charge in [0.25, 0.3) is 5.91 Å². The summed E-state index contributed by atoms with van der Waals surface area (Å²) in [6, 6.07) is 16.3. The molecule has 0 aliphatic heterocycles. The highest BCUT2D eigenvalue weighted by atomic mass is 35.5. The van der Waals surface area contributed by atoms with Crippen molar-refractivity contribution in [1.29, 1.82) is 0 Å². The van der Waals surface area contributed by atoms with Gasteiger partial charge in [-0.1, -0.05) is 48.0 Å². The molecule has 6 heteroatoms. The minimum atomic E-state index is -0.956. The maximum atomic E-state index is 12.4. The molecule has 1 heterocycles. The molecule has 0 fully saturated rings. The summed E-state index contributed by atoms with van der Waals surface area (Å²) >= 11 is 5.68. The van der Waals surface area contributed by atoms with Crippen molar-refractivity contribution in [2.75, 3.05) is 5.32 Å². The van der Waals surface area contributed by atoms with E-state index < -0.39 is 18.0 Å². The SMILES string of the molecule is CC(OC(=O)c1ccc(Cl)nc1)C(=O)Nc1cccc2ccccc12. The minimum absolute atomic E-state index is 0.231. The zero-order chi connectivity index (χ0) is 17.8. The Kier molecular flexibility index (Phi) is 4.95. The number of hydrogen-bond donors (Lipinski definition) is 1. The van der Waals surface area contributed by atoms with Gasteiger partial charge in [-0.2, -0.15) is 0 Å². The second-order valence-electron chi connectivity index (χ2n) is 5.43. The van der Waals surface area contributed by atoms with Gasteiger partial charge in [0.15, 0.2) is 6.10 Å². The quantitative estimate of drug-likeness (QED) is 0.566. The highest BCUT2D eigenvalue weighted by molar-refractivity contribution is 6.29. The Hall–Kier alpha value is -2.92. The Morgan fingerprint density at radius 1 is 1.08 bits per heavy atom. The number of ether oxygens (including phenoxy) is 1. The van der Waals surface area contributed by atoms with Crippen molar-refractivity contribution in [1.82, 2.24) is 4.98 Å². The van der Waals surface area contributed by atoms with Crippen LogP contribution in [0, 0.1) is 0 Å². The van der Waals surface area contributed by atoms with Gasteiger partial charge >= 0.3 is 5.97 Å². The van der Waals surface area contributed by atoms with Crippen LogP contribution in [0.5, 0.6) is 0 Å². The molecule has 25 heavy (non-hydrogen) atoms. The molecule has 3 aromatic rings. The number of benzene rings is 2. The zero-order valence-electron chi connectivity index (χ0n) is 13.4. The van der Waals surface area contributed by atoms with Crippen LogP contribution in [-0.4, -0.2) is 23.0 Å². The van der Waals surface area contributed by atoms with E-state index >= 15 is 0 Å². The van der Waals surface area contributed by atoms with E-state index in [9.17, 15) is 9.59 Å². The van der Waals surface area contributed by atoms with Crippen molar-refractivity contribution in [3.63, 3.8) is 0 Å². The fourth-order valence-corrected chi connectivity index (χ4v) is 2.46. The summed E-state index contributed by atoms with van der Waals surface area (Å²) in [4.78, 5) is 28.2. The minimum Gasteiger partial charge on any atom is -0.449 e. The third kappa shape index (κ3) is 3.95. The van der Waals surface area contributed by atoms with Crippen LogP contribution >= 0.6 is 11.6 Å². The van der Waals surface area contributed by atoms with Crippen molar-refractivity contribution in [3.8, 4) is 0 Å². The lowest BCUT2D eigenvalue weighted by molar-refractivity contribution is -0.123. The van der Waals surface area contributed by atoms with Crippen molar-refractivity contribution < 1.29 is 14.3 Å². The first kappa shape index (κ1) is 16.9. The number of amides is 1. The number of pyridine rings is 1. The van der Waals surface area contributed by atoms with Crippen LogP contribution in [0.3, 0.4) is 0 Å². The van der Waals surface area contributed by atoms with Crippen molar-refractivity contribution >= 4 is 39.9 Å². The third-order valence-corrected chi connectivity index (χ3v) is 3.89. The molecular weight excluding hydrogens is 340 g/mol. The predicted molar refractivity (Wildman–Crippen MR) is 96.7 cm³/mol. The lowest BCUT2D eigenvalue weighted by Crippen LogP contribution is -2.30. The van der Waals surface area contributed by atoms with E-state index in [4.69, 9.17) is 16.3 Å². The maximum Gasteiger partial charge on any atom is 0.340 e. The summed E-state index contributed by atoms with van der Waals surface area (Å²) in [5, 5.41) is 5.00. The van der Waals surface area contributed by atoms with Gasteiger partial charge in [-0.05, 0) is 30.5 Å². The van der Waals surface area contributed by atoms with E-state index in [-0.39, 0.29) is 10.7 Å². The van der Waals surface area contributed by atoms with Gasteiger partial charge in [0, 0.05) is 17.3 Å². The zero-order valence-corrected chi connectivity index (χ0v) is 14.2. The summed E-state index contributed by atoms with van der Waals surface area (Å²) in [6.45, 7) is 1.52. The molecule has 0 aliphatic rings. The first-order valence-corrected chi connectivity index (χ1v) is 8.03. The Labute approximate surface area is 149 Å². The Bertz CT molecular complexity index is 920. The number of hydrogen-bond acceptors (Lipinski definition) is 4. The first-order valence-electron chi connectivity index (χ1n) is 7.66. The third-order valence-electron chi connectivity index (χ3n) is 3.66. The van der Waals surface area contributed by atoms with Gasteiger partial charge in [-0.3, -0.25) is 4.79 Å². The number of aromatic nitrogens is 1. The van der Waals surface area contributed by atoms with Gasteiger partial charge < -0.3 is 10.1 Å². The molecule has 0 saturated heterocycles. The lowest BCUT2D eigenvalue weighted by Gasteiger charge is -2.14. The fraction of sp³-hybridized carbons (Fsp3) is 0.105. The number of halogens is 1. The van der Waals surface area contributed by atoms with Gasteiger partial charge in [0.1, 0.15) is 5.15 Å². The van der Waals surface area contributed by atoms with E-state index in [1.54, 1.807) is 6.07 Å². The molecule has 0 spiro atoms. The summed E-state index contributed by atoms with van der Waals surface area (Å²) in [7, 11) is 0.